The van der Waals surface area contributed by atoms with Crippen LogP contribution >= 0.6 is 11.6 Å². The first-order chi connectivity index (χ1) is 9.06. The van der Waals surface area contributed by atoms with Crippen molar-refractivity contribution < 1.29 is 9.90 Å². The summed E-state index contributed by atoms with van der Waals surface area (Å²) in [5, 5.41) is 10.2. The van der Waals surface area contributed by atoms with E-state index in [1.54, 1.807) is 24.3 Å². The van der Waals surface area contributed by atoms with Gasteiger partial charge in [0.05, 0.1) is 6.10 Å². The number of halogens is 1. The SMILES string of the molecule is CC(O)C1CCN(CCC(=O)c2ccc(Cl)cc2)C1. The fraction of sp³-hybridized carbons (Fsp3) is 0.533. The minimum atomic E-state index is -0.253. The number of aliphatic hydroxyl groups is 1. The van der Waals surface area contributed by atoms with Crippen molar-refractivity contribution in [2.45, 2.75) is 25.9 Å². The van der Waals surface area contributed by atoms with Gasteiger partial charge in [0.1, 0.15) is 0 Å². The number of hydrogen-bond acceptors (Lipinski definition) is 3. The van der Waals surface area contributed by atoms with Crippen LogP contribution in [0.1, 0.15) is 30.1 Å². The van der Waals surface area contributed by atoms with Gasteiger partial charge in [0.15, 0.2) is 5.78 Å². The predicted molar refractivity (Wildman–Crippen MR) is 76.6 cm³/mol. The highest BCUT2D eigenvalue weighted by molar-refractivity contribution is 6.30. The Hall–Kier alpha value is -0.900. The summed E-state index contributed by atoms with van der Waals surface area (Å²) in [6.07, 6.45) is 1.29. The molecule has 3 nitrogen and oxygen atoms in total. The summed E-state index contributed by atoms with van der Waals surface area (Å²) in [4.78, 5) is 14.3. The third-order valence-electron chi connectivity index (χ3n) is 3.81. The summed E-state index contributed by atoms with van der Waals surface area (Å²) in [6.45, 7) is 4.48. The van der Waals surface area contributed by atoms with Gasteiger partial charge in [-0.2, -0.15) is 0 Å². The molecule has 0 spiro atoms. The molecule has 1 saturated heterocycles. The Morgan fingerprint density at radius 1 is 1.47 bits per heavy atom. The normalized spacial score (nSPS) is 21.5. The fourth-order valence-corrected chi connectivity index (χ4v) is 2.63. The summed E-state index contributed by atoms with van der Waals surface area (Å²) in [7, 11) is 0. The molecule has 1 aliphatic heterocycles. The lowest BCUT2D eigenvalue weighted by molar-refractivity contribution is 0.0963. The summed E-state index contributed by atoms with van der Waals surface area (Å²) in [5.74, 6) is 0.503. The van der Waals surface area contributed by atoms with Crippen LogP contribution in [0.2, 0.25) is 5.02 Å². The number of aliphatic hydroxyl groups excluding tert-OH is 1. The molecule has 2 unspecified atom stereocenters. The number of benzene rings is 1. The number of Topliss-reactive ketones (excluding diaryl/α,β-unsaturated/α-hetero) is 1. The van der Waals surface area contributed by atoms with Crippen LogP contribution in [0.5, 0.6) is 0 Å². The van der Waals surface area contributed by atoms with E-state index in [1.165, 1.54) is 0 Å². The minimum absolute atomic E-state index is 0.150. The highest BCUT2D eigenvalue weighted by Crippen LogP contribution is 2.20. The van der Waals surface area contributed by atoms with Crippen molar-refractivity contribution >= 4 is 17.4 Å². The summed E-state index contributed by atoms with van der Waals surface area (Å²) in [5.41, 5.74) is 0.718. The molecule has 4 heteroatoms. The third kappa shape index (κ3) is 4.03. The van der Waals surface area contributed by atoms with Crippen molar-refractivity contribution in [1.29, 1.82) is 0 Å². The number of nitrogens with zero attached hydrogens (tertiary/aromatic N) is 1. The maximum absolute atomic E-state index is 12.0. The number of carbonyl (C=O) groups is 1. The molecule has 1 aromatic carbocycles. The van der Waals surface area contributed by atoms with Crippen LogP contribution in [-0.4, -0.2) is 41.5 Å². The highest BCUT2D eigenvalue weighted by atomic mass is 35.5. The lowest BCUT2D eigenvalue weighted by Crippen LogP contribution is -2.26. The van der Waals surface area contributed by atoms with Crippen molar-refractivity contribution in [2.75, 3.05) is 19.6 Å². The number of rotatable bonds is 5. The molecular weight excluding hydrogens is 262 g/mol. The zero-order valence-electron chi connectivity index (χ0n) is 11.2. The number of carbonyl (C=O) groups excluding carboxylic acids is 1. The van der Waals surface area contributed by atoms with Crippen LogP contribution in [0.25, 0.3) is 0 Å². The van der Waals surface area contributed by atoms with E-state index in [2.05, 4.69) is 4.90 Å². The number of ketones is 1. The lowest BCUT2D eigenvalue weighted by Gasteiger charge is -2.16. The molecule has 0 aromatic heterocycles. The van der Waals surface area contributed by atoms with Crippen molar-refractivity contribution in [3.63, 3.8) is 0 Å². The molecule has 2 atom stereocenters. The highest BCUT2D eigenvalue weighted by Gasteiger charge is 2.25. The van der Waals surface area contributed by atoms with E-state index in [4.69, 9.17) is 11.6 Å². The summed E-state index contributed by atoms with van der Waals surface area (Å²) in [6, 6.07) is 7.03. The average Bonchev–Trinajstić information content (AvgIpc) is 2.86. The first-order valence-electron chi connectivity index (χ1n) is 6.75. The molecule has 0 radical (unpaired) electrons. The first kappa shape index (κ1) is 14.5. The lowest BCUT2D eigenvalue weighted by atomic mass is 10.0. The summed E-state index contributed by atoms with van der Waals surface area (Å²) < 4.78 is 0. The molecule has 0 saturated carbocycles. The van der Waals surface area contributed by atoms with E-state index < -0.39 is 0 Å². The molecule has 1 N–H and O–H groups in total. The smallest absolute Gasteiger partial charge is 0.164 e. The van der Waals surface area contributed by atoms with Gasteiger partial charge in [0.25, 0.3) is 0 Å². The van der Waals surface area contributed by atoms with Gasteiger partial charge in [-0.3, -0.25) is 4.79 Å². The van der Waals surface area contributed by atoms with Gasteiger partial charge in [-0.1, -0.05) is 11.6 Å². The van der Waals surface area contributed by atoms with E-state index in [1.807, 2.05) is 6.92 Å². The fourth-order valence-electron chi connectivity index (χ4n) is 2.50. The van der Waals surface area contributed by atoms with E-state index in [-0.39, 0.29) is 11.9 Å². The topological polar surface area (TPSA) is 40.5 Å². The molecule has 1 fully saturated rings. The summed E-state index contributed by atoms with van der Waals surface area (Å²) >= 11 is 5.80. The van der Waals surface area contributed by atoms with Gasteiger partial charge in [-0.15, -0.1) is 0 Å². The Balaban J connectivity index is 1.80. The van der Waals surface area contributed by atoms with Crippen molar-refractivity contribution in [3.05, 3.63) is 34.9 Å². The van der Waals surface area contributed by atoms with Gasteiger partial charge >= 0.3 is 0 Å². The molecule has 1 heterocycles. The number of likely N-dealkylation sites (tertiary alicyclic amines) is 1. The second-order valence-corrected chi connectivity index (χ2v) is 5.71. The van der Waals surface area contributed by atoms with Crippen LogP contribution in [0.4, 0.5) is 0 Å². The second-order valence-electron chi connectivity index (χ2n) is 5.27. The quantitative estimate of drug-likeness (QED) is 0.844. The molecule has 104 valence electrons. The monoisotopic (exact) mass is 281 g/mol. The first-order valence-corrected chi connectivity index (χ1v) is 7.13. The average molecular weight is 282 g/mol. The van der Waals surface area contributed by atoms with E-state index in [0.717, 1.165) is 31.6 Å². The van der Waals surface area contributed by atoms with Gasteiger partial charge in [0.2, 0.25) is 0 Å². The van der Waals surface area contributed by atoms with Crippen molar-refractivity contribution in [1.82, 2.24) is 4.90 Å². The van der Waals surface area contributed by atoms with Crippen LogP contribution in [0.15, 0.2) is 24.3 Å². The Kier molecular flexibility index (Phi) is 4.97. The standard InChI is InChI=1S/C15H20ClNO2/c1-11(18)13-6-8-17(10-13)9-7-15(19)12-2-4-14(16)5-3-12/h2-5,11,13,18H,6-10H2,1H3. The Labute approximate surface area is 119 Å². The molecule has 0 amide bonds. The van der Waals surface area contributed by atoms with E-state index >= 15 is 0 Å². The molecule has 0 bridgehead atoms. The Morgan fingerprint density at radius 3 is 2.74 bits per heavy atom. The van der Waals surface area contributed by atoms with Gasteiger partial charge in [-0.05, 0) is 50.1 Å². The number of hydrogen-bond donors (Lipinski definition) is 1. The van der Waals surface area contributed by atoms with Crippen LogP contribution in [0.3, 0.4) is 0 Å². The maximum atomic E-state index is 12.0. The zero-order chi connectivity index (χ0) is 13.8. The Bertz CT molecular complexity index is 430. The Morgan fingerprint density at radius 2 is 2.16 bits per heavy atom. The van der Waals surface area contributed by atoms with Gasteiger partial charge in [-0.25, -0.2) is 0 Å². The minimum Gasteiger partial charge on any atom is -0.393 e. The molecule has 1 aromatic rings. The molecule has 19 heavy (non-hydrogen) atoms. The molecule has 2 rings (SSSR count). The van der Waals surface area contributed by atoms with Crippen LogP contribution in [-0.2, 0) is 0 Å². The van der Waals surface area contributed by atoms with Gasteiger partial charge < -0.3 is 10.0 Å². The van der Waals surface area contributed by atoms with E-state index in [0.29, 0.717) is 17.4 Å². The molecule has 0 aliphatic carbocycles. The molecular formula is C15H20ClNO2. The van der Waals surface area contributed by atoms with Crippen molar-refractivity contribution in [3.8, 4) is 0 Å². The third-order valence-corrected chi connectivity index (χ3v) is 4.06. The van der Waals surface area contributed by atoms with Crippen molar-refractivity contribution in [2.24, 2.45) is 5.92 Å². The zero-order valence-corrected chi connectivity index (χ0v) is 11.9. The van der Waals surface area contributed by atoms with Crippen LogP contribution < -0.4 is 0 Å². The predicted octanol–water partition coefficient (Wildman–Crippen LogP) is 2.62. The molecule has 1 aliphatic rings. The van der Waals surface area contributed by atoms with Crippen LogP contribution in [0, 0.1) is 5.92 Å². The largest absolute Gasteiger partial charge is 0.393 e. The van der Waals surface area contributed by atoms with E-state index in [9.17, 15) is 9.90 Å². The van der Waals surface area contributed by atoms with Gasteiger partial charge in [0, 0.05) is 30.1 Å². The second kappa shape index (κ2) is 6.51. The maximum Gasteiger partial charge on any atom is 0.164 e.